The highest BCUT2D eigenvalue weighted by Gasteiger charge is 2.21. The maximum atomic E-state index is 14.4. The maximum absolute atomic E-state index is 14.4. The Bertz CT molecular complexity index is 736. The molecule has 7 N–H and O–H groups in total. The highest BCUT2D eigenvalue weighted by molar-refractivity contribution is 7.80. The number of anilines is 2. The molecule has 0 heterocycles. The van der Waals surface area contributed by atoms with Gasteiger partial charge in [-0.1, -0.05) is 26.1 Å². The molecule has 9 heteroatoms. The van der Waals surface area contributed by atoms with Gasteiger partial charge in [0.05, 0.1) is 16.2 Å². The molecule has 0 fully saturated rings. The van der Waals surface area contributed by atoms with Gasteiger partial charge in [0.2, 0.25) is 5.91 Å². The summed E-state index contributed by atoms with van der Waals surface area (Å²) in [5.74, 6) is -2.19. The molecule has 0 radical (unpaired) electrons. The third-order valence-electron chi connectivity index (χ3n) is 3.43. The Labute approximate surface area is 157 Å². The molecule has 1 aromatic rings. The standard InChI is InChI=1S/C17H24FN5O2S/c1-8(2)4-13(16(20)24)22-10-6-11(18)15(17(21)25)12(7-10)23-14(26)5-9(3)19/h6-8,13,19,22H,4-5H2,1-3H3,(H2,20,24)(H2,21,25)(H,23,26). The summed E-state index contributed by atoms with van der Waals surface area (Å²) in [5, 5.41) is 13.1. The number of nitrogens with two attached hydrogens (primary N) is 2. The summed E-state index contributed by atoms with van der Waals surface area (Å²) in [5.41, 5.74) is 10.9. The van der Waals surface area contributed by atoms with Crippen LogP contribution in [0.3, 0.4) is 0 Å². The fourth-order valence-corrected chi connectivity index (χ4v) is 2.72. The fourth-order valence-electron chi connectivity index (χ4n) is 2.39. The van der Waals surface area contributed by atoms with Crippen molar-refractivity contribution < 1.29 is 14.0 Å². The lowest BCUT2D eigenvalue weighted by atomic mass is 10.0. The Morgan fingerprint density at radius 1 is 1.31 bits per heavy atom. The minimum Gasteiger partial charge on any atom is -0.374 e. The summed E-state index contributed by atoms with van der Waals surface area (Å²) in [6, 6.07) is 1.81. The van der Waals surface area contributed by atoms with Gasteiger partial charge in [-0.15, -0.1) is 0 Å². The second kappa shape index (κ2) is 9.23. The monoisotopic (exact) mass is 381 g/mol. The largest absolute Gasteiger partial charge is 0.374 e. The summed E-state index contributed by atoms with van der Waals surface area (Å²) in [6.45, 7) is 5.43. The van der Waals surface area contributed by atoms with Gasteiger partial charge in [-0.2, -0.15) is 0 Å². The van der Waals surface area contributed by atoms with E-state index in [2.05, 4.69) is 10.6 Å². The summed E-state index contributed by atoms with van der Waals surface area (Å²) in [6.07, 6.45) is 0.618. The van der Waals surface area contributed by atoms with Gasteiger partial charge in [-0.05, 0) is 31.4 Å². The Balaban J connectivity index is 3.22. The number of hydrogen-bond acceptors (Lipinski definition) is 5. The number of primary amides is 2. The molecule has 0 saturated carbocycles. The van der Waals surface area contributed by atoms with E-state index in [0.717, 1.165) is 6.07 Å². The smallest absolute Gasteiger partial charge is 0.253 e. The molecule has 0 bridgehead atoms. The molecule has 0 aliphatic heterocycles. The van der Waals surface area contributed by atoms with Crippen LogP contribution in [0.15, 0.2) is 12.1 Å². The van der Waals surface area contributed by atoms with Crippen LogP contribution in [0.4, 0.5) is 15.8 Å². The van der Waals surface area contributed by atoms with Crippen molar-refractivity contribution in [2.24, 2.45) is 17.4 Å². The molecule has 0 aliphatic rings. The van der Waals surface area contributed by atoms with E-state index in [9.17, 15) is 14.0 Å². The van der Waals surface area contributed by atoms with Gasteiger partial charge in [-0.3, -0.25) is 9.59 Å². The second-order valence-corrected chi connectivity index (χ2v) is 6.97. The van der Waals surface area contributed by atoms with Crippen molar-refractivity contribution in [1.82, 2.24) is 0 Å². The lowest BCUT2D eigenvalue weighted by molar-refractivity contribution is -0.119. The molecule has 0 saturated heterocycles. The van der Waals surface area contributed by atoms with Gasteiger partial charge in [0.1, 0.15) is 11.9 Å². The third kappa shape index (κ3) is 6.40. The van der Waals surface area contributed by atoms with Crippen LogP contribution in [0.25, 0.3) is 0 Å². The average molecular weight is 381 g/mol. The highest BCUT2D eigenvalue weighted by Crippen LogP contribution is 2.26. The first-order valence-corrected chi connectivity index (χ1v) is 8.45. The Kier molecular flexibility index (Phi) is 7.63. The minimum atomic E-state index is -0.959. The molecule has 1 aromatic carbocycles. The van der Waals surface area contributed by atoms with Gasteiger partial charge in [0.15, 0.2) is 0 Å². The van der Waals surface area contributed by atoms with Crippen LogP contribution in [0.5, 0.6) is 0 Å². The van der Waals surface area contributed by atoms with Crippen LogP contribution in [0, 0.1) is 17.1 Å². The van der Waals surface area contributed by atoms with Crippen molar-refractivity contribution in [3.8, 4) is 0 Å². The van der Waals surface area contributed by atoms with Crippen molar-refractivity contribution in [2.45, 2.75) is 39.7 Å². The molecule has 2 amide bonds. The van der Waals surface area contributed by atoms with E-state index in [1.165, 1.54) is 6.07 Å². The van der Waals surface area contributed by atoms with Gasteiger partial charge in [0.25, 0.3) is 5.91 Å². The van der Waals surface area contributed by atoms with E-state index in [1.54, 1.807) is 6.92 Å². The number of nitrogens with one attached hydrogen (secondary N) is 3. The molecule has 0 aromatic heterocycles. The zero-order valence-electron chi connectivity index (χ0n) is 15.0. The van der Waals surface area contributed by atoms with Crippen LogP contribution in [-0.2, 0) is 4.79 Å². The van der Waals surface area contributed by atoms with Crippen molar-refractivity contribution in [3.63, 3.8) is 0 Å². The fraction of sp³-hybridized carbons (Fsp3) is 0.412. The van der Waals surface area contributed by atoms with Crippen molar-refractivity contribution in [3.05, 3.63) is 23.5 Å². The molecule has 1 unspecified atom stereocenters. The summed E-state index contributed by atoms with van der Waals surface area (Å²) < 4.78 is 14.4. The topological polar surface area (TPSA) is 134 Å². The lowest BCUT2D eigenvalue weighted by Crippen LogP contribution is -2.36. The molecule has 0 aliphatic carbocycles. The number of amides is 2. The molecule has 0 spiro atoms. The first-order valence-electron chi connectivity index (χ1n) is 8.04. The summed E-state index contributed by atoms with van der Waals surface area (Å²) >= 11 is 5.11. The van der Waals surface area contributed by atoms with E-state index in [0.29, 0.717) is 12.1 Å². The predicted molar refractivity (Wildman–Crippen MR) is 105 cm³/mol. The number of hydrogen-bond donors (Lipinski definition) is 5. The predicted octanol–water partition coefficient (Wildman–Crippen LogP) is 2.41. The van der Waals surface area contributed by atoms with E-state index in [-0.39, 0.29) is 34.3 Å². The van der Waals surface area contributed by atoms with Gasteiger partial charge >= 0.3 is 0 Å². The number of rotatable bonds is 9. The first kappa shape index (κ1) is 21.5. The van der Waals surface area contributed by atoms with E-state index < -0.39 is 23.7 Å². The van der Waals surface area contributed by atoms with Crippen LogP contribution >= 0.6 is 12.2 Å². The quantitative estimate of drug-likeness (QED) is 0.331. The molecule has 142 valence electrons. The minimum absolute atomic E-state index is 0.0685. The second-order valence-electron chi connectivity index (χ2n) is 6.48. The summed E-state index contributed by atoms with van der Waals surface area (Å²) in [4.78, 5) is 23.5. The normalized spacial score (nSPS) is 11.7. The van der Waals surface area contributed by atoms with Gasteiger partial charge in [-0.25, -0.2) is 4.39 Å². The number of thiocarbonyl (C=S) groups is 1. The van der Waals surface area contributed by atoms with Crippen LogP contribution in [0.1, 0.15) is 44.0 Å². The van der Waals surface area contributed by atoms with Crippen LogP contribution in [-0.4, -0.2) is 28.6 Å². The van der Waals surface area contributed by atoms with Crippen LogP contribution < -0.4 is 22.1 Å². The Hall–Kier alpha value is -2.55. The molecule has 1 rings (SSSR count). The van der Waals surface area contributed by atoms with E-state index >= 15 is 0 Å². The molecule has 1 atom stereocenters. The zero-order valence-corrected chi connectivity index (χ0v) is 15.8. The molecule has 26 heavy (non-hydrogen) atoms. The molecular weight excluding hydrogens is 357 g/mol. The molecular formula is C17H24FN5O2S. The lowest BCUT2D eigenvalue weighted by Gasteiger charge is -2.20. The maximum Gasteiger partial charge on any atom is 0.253 e. The van der Waals surface area contributed by atoms with Crippen molar-refractivity contribution in [1.29, 1.82) is 5.41 Å². The number of carbonyl (C=O) groups excluding carboxylic acids is 2. The van der Waals surface area contributed by atoms with Crippen LogP contribution in [0.2, 0.25) is 0 Å². The highest BCUT2D eigenvalue weighted by atomic mass is 32.1. The Morgan fingerprint density at radius 3 is 2.38 bits per heavy atom. The SMILES string of the molecule is CC(=N)CC(=S)Nc1cc(NC(CC(C)C)C(N)=O)cc(F)c1C(N)=O. The van der Waals surface area contributed by atoms with E-state index in [1.807, 2.05) is 13.8 Å². The average Bonchev–Trinajstić information content (AvgIpc) is 2.43. The number of halogens is 1. The van der Waals surface area contributed by atoms with Gasteiger partial charge in [0, 0.05) is 17.8 Å². The summed E-state index contributed by atoms with van der Waals surface area (Å²) in [7, 11) is 0. The van der Waals surface area contributed by atoms with Crippen molar-refractivity contribution in [2.75, 3.05) is 10.6 Å². The van der Waals surface area contributed by atoms with E-state index in [4.69, 9.17) is 29.1 Å². The number of carbonyl (C=O) groups is 2. The molecule has 7 nitrogen and oxygen atoms in total. The van der Waals surface area contributed by atoms with Gasteiger partial charge < -0.3 is 27.5 Å². The number of benzene rings is 1. The van der Waals surface area contributed by atoms with Crippen molar-refractivity contribution >= 4 is 46.1 Å². The third-order valence-corrected chi connectivity index (χ3v) is 3.67. The first-order chi connectivity index (χ1) is 12.0. The zero-order chi connectivity index (χ0) is 20.0. The Morgan fingerprint density at radius 2 is 1.92 bits per heavy atom.